The van der Waals surface area contributed by atoms with E-state index in [9.17, 15) is 14.4 Å². The van der Waals surface area contributed by atoms with E-state index < -0.39 is 11.4 Å². The second kappa shape index (κ2) is 4.35. The molecule has 3 amide bonds. The van der Waals surface area contributed by atoms with Gasteiger partial charge >= 0.3 is 0 Å². The zero-order chi connectivity index (χ0) is 13.5. The standard InChI is InChI=1S/C12H19N3O3/c1-3-4-14-12(2,11(13)18)6-15-9(16)7-5-8(7)10(15)17/h7-8,14H,3-6H2,1-2H3,(H2,13,18). The minimum atomic E-state index is -1.04. The Hall–Kier alpha value is -1.43. The maximum Gasteiger partial charge on any atom is 0.239 e. The predicted octanol–water partition coefficient (Wildman–Crippen LogP) is -0.765. The van der Waals surface area contributed by atoms with Gasteiger partial charge in [0.1, 0.15) is 5.54 Å². The highest BCUT2D eigenvalue weighted by molar-refractivity contribution is 6.09. The van der Waals surface area contributed by atoms with Crippen molar-refractivity contribution in [2.45, 2.75) is 32.2 Å². The van der Waals surface area contributed by atoms with E-state index in [1.54, 1.807) is 6.92 Å². The monoisotopic (exact) mass is 253 g/mol. The molecule has 2 fully saturated rings. The average molecular weight is 253 g/mol. The number of likely N-dealkylation sites (tertiary alicyclic amines) is 1. The van der Waals surface area contributed by atoms with Crippen LogP contribution in [0.2, 0.25) is 0 Å². The first-order valence-electron chi connectivity index (χ1n) is 6.31. The molecule has 1 saturated heterocycles. The molecular weight excluding hydrogens is 234 g/mol. The first-order valence-corrected chi connectivity index (χ1v) is 6.31. The lowest BCUT2D eigenvalue weighted by atomic mass is 10.0. The molecule has 2 aliphatic rings. The number of primary amides is 1. The van der Waals surface area contributed by atoms with Gasteiger partial charge in [-0.2, -0.15) is 0 Å². The lowest BCUT2D eigenvalue weighted by molar-refractivity contribution is -0.143. The van der Waals surface area contributed by atoms with E-state index in [1.165, 1.54) is 4.90 Å². The SMILES string of the molecule is CCCNC(C)(CN1C(=O)C2CC2C1=O)C(N)=O. The minimum absolute atomic E-state index is 0.0347. The molecule has 100 valence electrons. The molecule has 6 heteroatoms. The Balaban J connectivity index is 2.07. The number of hydrogen-bond acceptors (Lipinski definition) is 4. The number of nitrogens with zero attached hydrogens (tertiary/aromatic N) is 1. The van der Waals surface area contributed by atoms with Crippen LogP contribution >= 0.6 is 0 Å². The molecule has 1 heterocycles. The molecule has 0 spiro atoms. The first-order chi connectivity index (χ1) is 8.40. The van der Waals surface area contributed by atoms with Gasteiger partial charge in [0, 0.05) is 0 Å². The molecule has 0 aromatic carbocycles. The van der Waals surface area contributed by atoms with Crippen molar-refractivity contribution < 1.29 is 14.4 Å². The number of amides is 3. The Morgan fingerprint density at radius 1 is 1.44 bits per heavy atom. The van der Waals surface area contributed by atoms with Gasteiger partial charge in [0.2, 0.25) is 17.7 Å². The molecule has 18 heavy (non-hydrogen) atoms. The largest absolute Gasteiger partial charge is 0.368 e. The summed E-state index contributed by atoms with van der Waals surface area (Å²) in [5.74, 6) is -1.13. The molecule has 0 radical (unpaired) electrons. The van der Waals surface area contributed by atoms with Crippen LogP contribution in [0.5, 0.6) is 0 Å². The average Bonchev–Trinajstić information content (AvgIpc) is 3.07. The Morgan fingerprint density at radius 2 is 2.00 bits per heavy atom. The molecule has 3 atom stereocenters. The second-order valence-electron chi connectivity index (χ2n) is 5.33. The highest BCUT2D eigenvalue weighted by Gasteiger charge is 2.59. The molecule has 0 aromatic heterocycles. The summed E-state index contributed by atoms with van der Waals surface area (Å²) in [7, 11) is 0. The number of nitrogens with two attached hydrogens (primary N) is 1. The Labute approximate surface area is 106 Å². The summed E-state index contributed by atoms with van der Waals surface area (Å²) < 4.78 is 0. The van der Waals surface area contributed by atoms with Crippen LogP contribution in [0.4, 0.5) is 0 Å². The van der Waals surface area contributed by atoms with Crippen LogP contribution in [0.25, 0.3) is 0 Å². The fourth-order valence-electron chi connectivity index (χ4n) is 2.34. The van der Waals surface area contributed by atoms with Gasteiger partial charge in [-0.3, -0.25) is 19.3 Å². The van der Waals surface area contributed by atoms with E-state index in [4.69, 9.17) is 5.73 Å². The van der Waals surface area contributed by atoms with Crippen LogP contribution < -0.4 is 11.1 Å². The van der Waals surface area contributed by atoms with Crippen molar-refractivity contribution in [1.82, 2.24) is 10.2 Å². The normalized spacial score (nSPS) is 29.1. The van der Waals surface area contributed by atoms with Gasteiger partial charge in [0.25, 0.3) is 0 Å². The number of imide groups is 1. The van der Waals surface area contributed by atoms with E-state index in [-0.39, 0.29) is 30.2 Å². The van der Waals surface area contributed by atoms with E-state index in [0.717, 1.165) is 6.42 Å². The summed E-state index contributed by atoms with van der Waals surface area (Å²) in [5.41, 5.74) is 4.33. The predicted molar refractivity (Wildman–Crippen MR) is 64.2 cm³/mol. The van der Waals surface area contributed by atoms with Crippen molar-refractivity contribution in [1.29, 1.82) is 0 Å². The van der Waals surface area contributed by atoms with Crippen LogP contribution in [0.1, 0.15) is 26.7 Å². The smallest absolute Gasteiger partial charge is 0.239 e. The lowest BCUT2D eigenvalue weighted by Crippen LogP contribution is -2.60. The van der Waals surface area contributed by atoms with Gasteiger partial charge in [-0.15, -0.1) is 0 Å². The van der Waals surface area contributed by atoms with Crippen LogP contribution in [0.3, 0.4) is 0 Å². The van der Waals surface area contributed by atoms with Crippen molar-refractivity contribution in [3.63, 3.8) is 0 Å². The summed E-state index contributed by atoms with van der Waals surface area (Å²) >= 11 is 0. The van der Waals surface area contributed by atoms with Crippen molar-refractivity contribution in [2.75, 3.05) is 13.1 Å². The van der Waals surface area contributed by atoms with E-state index in [1.807, 2.05) is 6.92 Å². The zero-order valence-corrected chi connectivity index (χ0v) is 10.7. The number of rotatable bonds is 6. The maximum atomic E-state index is 11.9. The summed E-state index contributed by atoms with van der Waals surface area (Å²) in [6, 6.07) is 0. The highest BCUT2D eigenvalue weighted by Crippen LogP contribution is 2.47. The summed E-state index contributed by atoms with van der Waals surface area (Å²) in [5, 5.41) is 3.02. The molecule has 0 bridgehead atoms. The van der Waals surface area contributed by atoms with Crippen molar-refractivity contribution in [3.8, 4) is 0 Å². The molecule has 1 aliphatic carbocycles. The van der Waals surface area contributed by atoms with Crippen molar-refractivity contribution in [2.24, 2.45) is 17.6 Å². The van der Waals surface area contributed by atoms with Gasteiger partial charge in [-0.25, -0.2) is 0 Å². The number of hydrogen-bond donors (Lipinski definition) is 2. The molecular formula is C12H19N3O3. The van der Waals surface area contributed by atoms with Crippen LogP contribution in [-0.4, -0.2) is 41.2 Å². The molecule has 0 aromatic rings. The Morgan fingerprint density at radius 3 is 2.44 bits per heavy atom. The third-order valence-electron chi connectivity index (χ3n) is 3.74. The Kier molecular flexibility index (Phi) is 3.14. The molecule has 6 nitrogen and oxygen atoms in total. The quantitative estimate of drug-likeness (QED) is 0.608. The molecule has 1 aliphatic heterocycles. The third kappa shape index (κ3) is 2.01. The van der Waals surface area contributed by atoms with E-state index in [2.05, 4.69) is 5.32 Å². The maximum absolute atomic E-state index is 11.9. The number of fused-ring (bicyclic) bond motifs is 1. The molecule has 1 saturated carbocycles. The van der Waals surface area contributed by atoms with Gasteiger partial charge in [0.05, 0.1) is 18.4 Å². The van der Waals surface area contributed by atoms with Gasteiger partial charge in [0.15, 0.2) is 0 Å². The summed E-state index contributed by atoms with van der Waals surface area (Å²) in [6.45, 7) is 4.25. The molecule has 3 N–H and O–H groups in total. The van der Waals surface area contributed by atoms with Crippen LogP contribution in [0, 0.1) is 11.8 Å². The van der Waals surface area contributed by atoms with Crippen molar-refractivity contribution >= 4 is 17.7 Å². The number of carbonyl (C=O) groups excluding carboxylic acids is 3. The number of nitrogens with one attached hydrogen (secondary N) is 1. The van der Waals surface area contributed by atoms with Gasteiger partial charge in [-0.05, 0) is 26.3 Å². The molecule has 2 rings (SSSR count). The van der Waals surface area contributed by atoms with Crippen molar-refractivity contribution in [3.05, 3.63) is 0 Å². The third-order valence-corrected chi connectivity index (χ3v) is 3.74. The fourth-order valence-corrected chi connectivity index (χ4v) is 2.34. The van der Waals surface area contributed by atoms with Crippen LogP contribution in [-0.2, 0) is 14.4 Å². The number of carbonyl (C=O) groups is 3. The summed E-state index contributed by atoms with van der Waals surface area (Å²) in [6.07, 6.45) is 1.51. The fraction of sp³-hybridized carbons (Fsp3) is 0.750. The van der Waals surface area contributed by atoms with Crippen LogP contribution in [0.15, 0.2) is 0 Å². The highest BCUT2D eigenvalue weighted by atomic mass is 16.2. The zero-order valence-electron chi connectivity index (χ0n) is 10.7. The topological polar surface area (TPSA) is 92.5 Å². The van der Waals surface area contributed by atoms with Gasteiger partial charge in [-0.1, -0.05) is 6.92 Å². The second-order valence-corrected chi connectivity index (χ2v) is 5.33. The Bertz CT molecular complexity index is 389. The van der Waals surface area contributed by atoms with Gasteiger partial charge < -0.3 is 11.1 Å². The minimum Gasteiger partial charge on any atom is -0.368 e. The first kappa shape index (κ1) is 13.0. The van der Waals surface area contributed by atoms with E-state index in [0.29, 0.717) is 13.0 Å². The number of piperidine rings is 1. The summed E-state index contributed by atoms with van der Waals surface area (Å²) in [4.78, 5) is 36.4. The van der Waals surface area contributed by atoms with E-state index >= 15 is 0 Å². The molecule has 3 unspecified atom stereocenters. The lowest BCUT2D eigenvalue weighted by Gasteiger charge is -2.31.